The maximum absolute atomic E-state index is 11.3. The van der Waals surface area contributed by atoms with Crippen molar-refractivity contribution in [1.29, 1.82) is 0 Å². The molecule has 6 heteroatoms. The van der Waals surface area contributed by atoms with Gasteiger partial charge in [0.2, 0.25) is 0 Å². The zero-order valence-corrected chi connectivity index (χ0v) is 8.64. The van der Waals surface area contributed by atoms with Crippen LogP contribution in [0.5, 0.6) is 5.75 Å². The van der Waals surface area contributed by atoms with Crippen LogP contribution in [0.3, 0.4) is 0 Å². The third-order valence-electron chi connectivity index (χ3n) is 1.76. The van der Waals surface area contributed by atoms with Crippen molar-refractivity contribution in [2.75, 3.05) is 6.54 Å². The summed E-state index contributed by atoms with van der Waals surface area (Å²) in [7, 11) is 0. The Morgan fingerprint density at radius 1 is 1.62 bits per heavy atom. The van der Waals surface area contributed by atoms with E-state index >= 15 is 0 Å². The molecule has 0 atom stereocenters. The smallest absolute Gasteiger partial charge is 0.348 e. The predicted molar refractivity (Wildman–Crippen MR) is 56.1 cm³/mol. The lowest BCUT2D eigenvalue weighted by molar-refractivity contribution is -0.136. The van der Waals surface area contributed by atoms with E-state index in [-0.39, 0.29) is 24.3 Å². The van der Waals surface area contributed by atoms with Crippen molar-refractivity contribution >= 4 is 12.2 Å². The molecule has 0 aliphatic carbocycles. The van der Waals surface area contributed by atoms with Crippen LogP contribution in [-0.4, -0.2) is 28.9 Å². The first-order valence-electron chi connectivity index (χ1n) is 4.56. The van der Waals surface area contributed by atoms with Crippen LogP contribution in [0.25, 0.3) is 0 Å². The van der Waals surface area contributed by atoms with Crippen LogP contribution in [0.2, 0.25) is 0 Å². The van der Waals surface area contributed by atoms with Gasteiger partial charge in [0.15, 0.2) is 0 Å². The minimum Gasteiger partial charge on any atom is -0.507 e. The Labute approximate surface area is 90.9 Å². The predicted octanol–water partition coefficient (Wildman–Crippen LogP) is 0.547. The van der Waals surface area contributed by atoms with Gasteiger partial charge in [-0.05, 0) is 6.92 Å². The van der Waals surface area contributed by atoms with Gasteiger partial charge in [0.05, 0.1) is 6.42 Å². The quantitative estimate of drug-likeness (QED) is 0.728. The summed E-state index contributed by atoms with van der Waals surface area (Å²) in [6, 6.07) is 1.29. The minimum atomic E-state index is -0.975. The van der Waals surface area contributed by atoms with E-state index < -0.39 is 11.6 Å². The Hall–Kier alpha value is -2.11. The molecule has 0 saturated heterocycles. The Bertz CT molecular complexity index is 475. The molecule has 0 unspecified atom stereocenters. The van der Waals surface area contributed by atoms with Crippen LogP contribution >= 0.6 is 0 Å². The molecule has 2 N–H and O–H groups in total. The van der Waals surface area contributed by atoms with Gasteiger partial charge in [0.1, 0.15) is 17.1 Å². The number of aromatic hydroxyl groups is 1. The van der Waals surface area contributed by atoms with Gasteiger partial charge in [-0.3, -0.25) is 9.79 Å². The molecule has 6 nitrogen and oxygen atoms in total. The number of hydrogen-bond donors (Lipinski definition) is 2. The summed E-state index contributed by atoms with van der Waals surface area (Å²) in [4.78, 5) is 25.1. The van der Waals surface area contributed by atoms with Gasteiger partial charge in [-0.15, -0.1) is 0 Å². The highest BCUT2D eigenvalue weighted by atomic mass is 16.4. The third kappa shape index (κ3) is 3.23. The van der Waals surface area contributed by atoms with E-state index in [1.54, 1.807) is 0 Å². The molecule has 0 radical (unpaired) electrons. The number of aliphatic carboxylic acids is 1. The van der Waals surface area contributed by atoms with E-state index in [0.717, 1.165) is 6.21 Å². The number of carbonyl (C=O) groups is 1. The number of hydrogen-bond acceptors (Lipinski definition) is 5. The van der Waals surface area contributed by atoms with E-state index in [2.05, 4.69) is 4.99 Å². The van der Waals surface area contributed by atoms with Gasteiger partial charge < -0.3 is 14.6 Å². The number of rotatable bonds is 4. The van der Waals surface area contributed by atoms with Crippen molar-refractivity contribution < 1.29 is 19.4 Å². The molecule has 0 amide bonds. The standard InChI is InChI=1S/C10H11NO5/c1-6-4-8(12)7(10(15)16-6)5-11-3-2-9(13)14/h4-5,12H,2-3H2,1H3,(H,13,14). The second kappa shape index (κ2) is 5.11. The normalized spacial score (nSPS) is 10.8. The number of carboxylic acid groups (broad SMARTS) is 1. The van der Waals surface area contributed by atoms with Crippen LogP contribution in [0, 0.1) is 6.92 Å². The van der Waals surface area contributed by atoms with E-state index in [1.165, 1.54) is 13.0 Å². The molecular formula is C10H11NO5. The molecule has 1 heterocycles. The van der Waals surface area contributed by atoms with E-state index in [4.69, 9.17) is 9.52 Å². The van der Waals surface area contributed by atoms with Gasteiger partial charge in [0.25, 0.3) is 0 Å². The Morgan fingerprint density at radius 3 is 2.88 bits per heavy atom. The number of aryl methyl sites for hydroxylation is 1. The molecule has 0 spiro atoms. The van der Waals surface area contributed by atoms with Crippen molar-refractivity contribution in [2.24, 2.45) is 4.99 Å². The summed E-state index contributed by atoms with van der Waals surface area (Å²) in [6.45, 7) is 1.58. The van der Waals surface area contributed by atoms with Crippen LogP contribution < -0.4 is 5.63 Å². The molecule has 0 aromatic carbocycles. The van der Waals surface area contributed by atoms with Gasteiger partial charge in [-0.2, -0.15) is 0 Å². The largest absolute Gasteiger partial charge is 0.507 e. The van der Waals surface area contributed by atoms with Crippen molar-refractivity contribution in [3.63, 3.8) is 0 Å². The summed E-state index contributed by atoms with van der Waals surface area (Å²) >= 11 is 0. The van der Waals surface area contributed by atoms with Crippen LogP contribution in [0.1, 0.15) is 17.7 Å². The molecule has 0 aliphatic heterocycles. The molecule has 16 heavy (non-hydrogen) atoms. The van der Waals surface area contributed by atoms with Crippen molar-refractivity contribution in [3.05, 3.63) is 27.8 Å². The first kappa shape index (κ1) is 12.0. The first-order chi connectivity index (χ1) is 7.50. The van der Waals surface area contributed by atoms with Gasteiger partial charge >= 0.3 is 11.6 Å². The molecular weight excluding hydrogens is 214 g/mol. The monoisotopic (exact) mass is 225 g/mol. The molecule has 1 rings (SSSR count). The minimum absolute atomic E-state index is 0.0437. The molecule has 0 saturated carbocycles. The van der Waals surface area contributed by atoms with E-state index in [1.807, 2.05) is 0 Å². The molecule has 0 bridgehead atoms. The SMILES string of the molecule is Cc1cc(O)c(C=NCCC(=O)O)c(=O)o1. The molecule has 1 aromatic rings. The fraction of sp³-hybridized carbons (Fsp3) is 0.300. The maximum atomic E-state index is 11.3. The summed E-state index contributed by atoms with van der Waals surface area (Å²) in [5, 5.41) is 17.8. The molecule has 1 aromatic heterocycles. The Morgan fingerprint density at radius 2 is 2.31 bits per heavy atom. The number of carboxylic acids is 1. The first-order valence-corrected chi connectivity index (χ1v) is 4.56. The second-order valence-electron chi connectivity index (χ2n) is 3.12. The summed E-state index contributed by atoms with van der Waals surface area (Å²) in [6.07, 6.45) is 0.984. The Balaban J connectivity index is 2.81. The average Bonchev–Trinajstić information content (AvgIpc) is 2.14. The fourth-order valence-electron chi connectivity index (χ4n) is 1.04. The van der Waals surface area contributed by atoms with Crippen molar-refractivity contribution in [1.82, 2.24) is 0 Å². The molecule has 0 aliphatic rings. The lowest BCUT2D eigenvalue weighted by Gasteiger charge is -1.97. The average molecular weight is 225 g/mol. The molecule has 86 valence electrons. The van der Waals surface area contributed by atoms with Gasteiger partial charge in [-0.1, -0.05) is 0 Å². The third-order valence-corrected chi connectivity index (χ3v) is 1.76. The lowest BCUT2D eigenvalue weighted by atomic mass is 10.2. The second-order valence-corrected chi connectivity index (χ2v) is 3.12. The lowest BCUT2D eigenvalue weighted by Crippen LogP contribution is -2.08. The molecule has 0 fully saturated rings. The Kier molecular flexibility index (Phi) is 3.82. The zero-order chi connectivity index (χ0) is 12.1. The maximum Gasteiger partial charge on any atom is 0.348 e. The van der Waals surface area contributed by atoms with Crippen LogP contribution in [0.15, 0.2) is 20.3 Å². The summed E-state index contributed by atoms with van der Waals surface area (Å²) in [5.41, 5.74) is -0.771. The summed E-state index contributed by atoms with van der Waals surface area (Å²) < 4.78 is 4.74. The van der Waals surface area contributed by atoms with Crippen molar-refractivity contribution in [3.8, 4) is 5.75 Å². The highest BCUT2D eigenvalue weighted by Crippen LogP contribution is 2.12. The van der Waals surface area contributed by atoms with Crippen LogP contribution in [-0.2, 0) is 4.79 Å². The number of nitrogens with zero attached hydrogens (tertiary/aromatic N) is 1. The highest BCUT2D eigenvalue weighted by molar-refractivity contribution is 5.82. The van der Waals surface area contributed by atoms with Gasteiger partial charge in [-0.25, -0.2) is 4.79 Å². The highest BCUT2D eigenvalue weighted by Gasteiger charge is 2.06. The zero-order valence-electron chi connectivity index (χ0n) is 8.64. The van der Waals surface area contributed by atoms with Crippen LogP contribution in [0.4, 0.5) is 0 Å². The number of aliphatic imine (C=N–C) groups is 1. The van der Waals surface area contributed by atoms with E-state index in [9.17, 15) is 14.7 Å². The van der Waals surface area contributed by atoms with Gasteiger partial charge in [0, 0.05) is 18.8 Å². The topological polar surface area (TPSA) is 100 Å². The van der Waals surface area contributed by atoms with Crippen molar-refractivity contribution in [2.45, 2.75) is 13.3 Å². The fourth-order valence-corrected chi connectivity index (χ4v) is 1.04. The van der Waals surface area contributed by atoms with E-state index in [0.29, 0.717) is 5.76 Å². The summed E-state index contributed by atoms with van der Waals surface area (Å²) in [5.74, 6) is -0.907.